The van der Waals surface area contributed by atoms with Crippen LogP contribution in [0.4, 0.5) is 0 Å². The molecule has 1 aromatic carbocycles. The van der Waals surface area contributed by atoms with Gasteiger partial charge in [0.25, 0.3) is 5.56 Å². The van der Waals surface area contributed by atoms with Crippen LogP contribution in [0.3, 0.4) is 0 Å². The minimum absolute atomic E-state index is 0.134. The number of nitrogens with zero attached hydrogens (tertiary/aromatic N) is 3. The highest BCUT2D eigenvalue weighted by atomic mass is 79.9. The van der Waals surface area contributed by atoms with Crippen molar-refractivity contribution < 1.29 is 13.6 Å². The Bertz CT molecular complexity index is 1340. The van der Waals surface area contributed by atoms with Crippen LogP contribution < -0.4 is 11.2 Å². The van der Waals surface area contributed by atoms with E-state index in [2.05, 4.69) is 31.8 Å². The number of nitrogens with one attached hydrogen (secondary N) is 1. The largest absolute Gasteiger partial charge is 0.336 e. The van der Waals surface area contributed by atoms with E-state index in [1.54, 1.807) is 13.8 Å². The molecule has 0 amide bonds. The first-order valence-electron chi connectivity index (χ1n) is 11.6. The summed E-state index contributed by atoms with van der Waals surface area (Å²) >= 11 is 3.43. The average Bonchev–Trinajstić information content (AvgIpc) is 3.25. The molecule has 0 spiro atoms. The summed E-state index contributed by atoms with van der Waals surface area (Å²) in [4.78, 5) is 33.7. The van der Waals surface area contributed by atoms with E-state index < -0.39 is 18.8 Å². The Morgan fingerprint density at radius 2 is 1.77 bits per heavy atom. The maximum Gasteiger partial charge on any atom is 0.333 e. The summed E-state index contributed by atoms with van der Waals surface area (Å²) < 4.78 is 26.9. The highest BCUT2D eigenvalue weighted by Crippen LogP contribution is 2.48. The van der Waals surface area contributed by atoms with Gasteiger partial charge in [0.05, 0.1) is 25.9 Å². The van der Waals surface area contributed by atoms with Gasteiger partial charge in [0.2, 0.25) is 0 Å². The van der Waals surface area contributed by atoms with Crippen LogP contribution in [0, 0.1) is 12.3 Å². The predicted octanol–water partition coefficient (Wildman–Crippen LogP) is 4.11. The van der Waals surface area contributed by atoms with Gasteiger partial charge in [0.1, 0.15) is 11.3 Å². The van der Waals surface area contributed by atoms with E-state index in [-0.39, 0.29) is 24.8 Å². The fraction of sp³-hybridized carbons (Fsp3) is 0.458. The first kappa shape index (κ1) is 27.2. The van der Waals surface area contributed by atoms with Crippen molar-refractivity contribution in [2.75, 3.05) is 19.4 Å². The predicted molar refractivity (Wildman–Crippen MR) is 140 cm³/mol. The van der Waals surface area contributed by atoms with Gasteiger partial charge in [-0.05, 0) is 50.8 Å². The van der Waals surface area contributed by atoms with E-state index in [0.29, 0.717) is 43.9 Å². The van der Waals surface area contributed by atoms with Crippen molar-refractivity contribution in [2.24, 2.45) is 0 Å². The molecule has 0 aliphatic carbocycles. The third-order valence-corrected chi connectivity index (χ3v) is 8.13. The molecule has 0 saturated heterocycles. The van der Waals surface area contributed by atoms with Gasteiger partial charge in [-0.25, -0.2) is 14.3 Å². The summed E-state index contributed by atoms with van der Waals surface area (Å²) in [6.07, 6.45) is 7.98. The molecule has 0 bridgehead atoms. The number of rotatable bonds is 13. The topological polar surface area (TPSA) is 108 Å². The number of hydrogen-bond donors (Lipinski definition) is 1. The molecule has 0 aliphatic heterocycles. The number of benzene rings is 1. The number of aromatic nitrogens is 4. The van der Waals surface area contributed by atoms with Gasteiger partial charge < -0.3 is 14.0 Å². The molecule has 0 radical (unpaired) electrons. The molecule has 0 aliphatic rings. The lowest BCUT2D eigenvalue weighted by atomic mass is 10.1. The summed E-state index contributed by atoms with van der Waals surface area (Å²) in [5, 5.41) is 0. The smallest absolute Gasteiger partial charge is 0.333 e. The van der Waals surface area contributed by atoms with Gasteiger partial charge in [-0.3, -0.25) is 13.9 Å². The van der Waals surface area contributed by atoms with Crippen LogP contribution in [0.5, 0.6) is 0 Å². The molecule has 0 saturated carbocycles. The molecule has 188 valence electrons. The highest BCUT2D eigenvalue weighted by molar-refractivity contribution is 9.10. The second kappa shape index (κ2) is 12.5. The SMILES string of the molecule is C#CCn1c(=O)c2[nH]c(CCc3ccc(Br)cc3)nc2n(CCCCP(=O)(OCC)OCC)c1=O. The molecule has 9 nitrogen and oxygen atoms in total. The number of aryl methyl sites for hydroxylation is 3. The highest BCUT2D eigenvalue weighted by Gasteiger charge is 2.23. The minimum Gasteiger partial charge on any atom is -0.336 e. The van der Waals surface area contributed by atoms with Gasteiger partial charge in [0, 0.05) is 17.4 Å². The maximum atomic E-state index is 13.1. The second-order valence-corrected chi connectivity index (χ2v) is 11.0. The third kappa shape index (κ3) is 6.83. The van der Waals surface area contributed by atoms with Crippen molar-refractivity contribution in [3.8, 4) is 12.3 Å². The molecule has 35 heavy (non-hydrogen) atoms. The Kier molecular flexibility index (Phi) is 9.70. The van der Waals surface area contributed by atoms with Crippen LogP contribution >= 0.6 is 23.5 Å². The molecule has 0 atom stereocenters. The first-order chi connectivity index (χ1) is 16.8. The number of fused-ring (bicyclic) bond motifs is 1. The number of hydrogen-bond acceptors (Lipinski definition) is 6. The fourth-order valence-electron chi connectivity index (χ4n) is 3.81. The minimum atomic E-state index is -3.16. The molecule has 3 rings (SSSR count). The molecule has 0 fully saturated rings. The van der Waals surface area contributed by atoms with Crippen molar-refractivity contribution >= 4 is 34.7 Å². The second-order valence-electron chi connectivity index (χ2n) is 7.92. The maximum absolute atomic E-state index is 13.1. The molecule has 2 aromatic heterocycles. The number of imidazole rings is 1. The summed E-state index contributed by atoms with van der Waals surface area (Å²) in [5.41, 5.74) is 0.684. The number of halogens is 1. The number of aromatic amines is 1. The lowest BCUT2D eigenvalue weighted by Crippen LogP contribution is -2.40. The number of unbranched alkanes of at least 4 members (excludes halogenated alkanes) is 1. The van der Waals surface area contributed by atoms with Crippen LogP contribution in [0.15, 0.2) is 38.3 Å². The monoisotopic (exact) mass is 564 g/mol. The average molecular weight is 565 g/mol. The molecule has 2 heterocycles. The third-order valence-electron chi connectivity index (χ3n) is 5.44. The van der Waals surface area contributed by atoms with Crippen LogP contribution in [0.2, 0.25) is 0 Å². The van der Waals surface area contributed by atoms with E-state index >= 15 is 0 Å². The van der Waals surface area contributed by atoms with Crippen LogP contribution in [0.1, 0.15) is 38.1 Å². The fourth-order valence-corrected chi connectivity index (χ4v) is 5.81. The Morgan fingerprint density at radius 3 is 2.40 bits per heavy atom. The lowest BCUT2D eigenvalue weighted by Gasteiger charge is -2.17. The zero-order chi connectivity index (χ0) is 25.4. The zero-order valence-electron chi connectivity index (χ0n) is 20.0. The Balaban J connectivity index is 1.84. The standard InChI is InChI=1S/C24H30BrN4O5P/c1-4-15-29-23(30)21-22(27-20(26-21)14-11-18-9-12-19(25)13-10-18)28(24(29)31)16-7-8-17-35(32,33-5-2)34-6-3/h1,9-10,12-13H,5-8,11,14-17H2,2-3H3,(H,26,27). The quantitative estimate of drug-likeness (QED) is 0.190. The first-order valence-corrected chi connectivity index (χ1v) is 14.1. The van der Waals surface area contributed by atoms with E-state index in [9.17, 15) is 14.2 Å². The van der Waals surface area contributed by atoms with Crippen molar-refractivity contribution in [3.63, 3.8) is 0 Å². The van der Waals surface area contributed by atoms with E-state index in [4.69, 9.17) is 15.5 Å². The zero-order valence-corrected chi connectivity index (χ0v) is 22.4. The molecule has 1 N–H and O–H groups in total. The normalized spacial score (nSPS) is 11.7. The molecular formula is C24H30BrN4O5P. The number of terminal acetylenes is 1. The molecular weight excluding hydrogens is 535 g/mol. The van der Waals surface area contributed by atoms with E-state index in [1.807, 2.05) is 24.3 Å². The molecule has 11 heteroatoms. The Hall–Kier alpha value is -2.44. The number of H-pyrrole nitrogens is 1. The van der Waals surface area contributed by atoms with Gasteiger partial charge >= 0.3 is 13.3 Å². The Labute approximate surface area is 212 Å². The van der Waals surface area contributed by atoms with E-state index in [1.165, 1.54) is 4.57 Å². The van der Waals surface area contributed by atoms with Crippen molar-refractivity contribution in [2.45, 2.75) is 52.6 Å². The van der Waals surface area contributed by atoms with Gasteiger partial charge in [-0.15, -0.1) is 6.42 Å². The van der Waals surface area contributed by atoms with Gasteiger partial charge in [-0.1, -0.05) is 34.0 Å². The van der Waals surface area contributed by atoms with Crippen LogP contribution in [-0.2, 0) is 39.5 Å². The van der Waals surface area contributed by atoms with Gasteiger partial charge in [-0.2, -0.15) is 0 Å². The lowest BCUT2D eigenvalue weighted by molar-refractivity contribution is 0.219. The Morgan fingerprint density at radius 1 is 1.09 bits per heavy atom. The summed E-state index contributed by atoms with van der Waals surface area (Å²) in [7, 11) is -3.16. The van der Waals surface area contributed by atoms with Gasteiger partial charge in [0.15, 0.2) is 5.65 Å². The van der Waals surface area contributed by atoms with Crippen LogP contribution in [0.25, 0.3) is 11.2 Å². The summed E-state index contributed by atoms with van der Waals surface area (Å²) in [6, 6.07) is 7.98. The van der Waals surface area contributed by atoms with Crippen molar-refractivity contribution in [1.82, 2.24) is 19.1 Å². The molecule has 3 aromatic rings. The summed E-state index contributed by atoms with van der Waals surface area (Å²) in [6.45, 7) is 4.28. The van der Waals surface area contributed by atoms with Crippen LogP contribution in [-0.4, -0.2) is 38.5 Å². The summed E-state index contributed by atoms with van der Waals surface area (Å²) in [5.74, 6) is 2.99. The van der Waals surface area contributed by atoms with E-state index in [0.717, 1.165) is 21.0 Å². The molecule has 0 unspecified atom stereocenters. The van der Waals surface area contributed by atoms with Crippen molar-refractivity contribution in [1.29, 1.82) is 0 Å². The van der Waals surface area contributed by atoms with Crippen molar-refractivity contribution in [3.05, 3.63) is 61.0 Å².